The molecule has 0 radical (unpaired) electrons. The van der Waals surface area contributed by atoms with E-state index in [1.54, 1.807) is 0 Å². The molecule has 0 spiro atoms. The molecular weight excluding hydrogens is 378 g/mol. The minimum atomic E-state index is 1.09. The molecule has 0 aliphatic carbocycles. The second-order valence-corrected chi connectivity index (χ2v) is 7.93. The van der Waals surface area contributed by atoms with Gasteiger partial charge < -0.3 is 4.40 Å². The van der Waals surface area contributed by atoms with Crippen LogP contribution >= 0.6 is 0 Å². The molecule has 3 aromatic heterocycles. The summed E-state index contributed by atoms with van der Waals surface area (Å²) in [6.07, 6.45) is 5.99. The zero-order valence-electron chi connectivity index (χ0n) is 17.3. The minimum Gasteiger partial charge on any atom is -0.312 e. The summed E-state index contributed by atoms with van der Waals surface area (Å²) in [5, 5.41) is 4.65. The fourth-order valence-electron chi connectivity index (χ4n) is 4.55. The van der Waals surface area contributed by atoms with E-state index in [-0.39, 0.29) is 0 Å². The van der Waals surface area contributed by atoms with E-state index in [9.17, 15) is 0 Å². The molecule has 0 aliphatic rings. The highest BCUT2D eigenvalue weighted by molar-refractivity contribution is 5.99. The van der Waals surface area contributed by atoms with E-state index >= 15 is 0 Å². The maximum atomic E-state index is 4.65. The summed E-state index contributed by atoms with van der Waals surface area (Å²) in [5.74, 6) is 0. The van der Waals surface area contributed by atoms with Crippen LogP contribution in [-0.4, -0.2) is 14.0 Å². The van der Waals surface area contributed by atoms with Gasteiger partial charge in [-0.1, -0.05) is 73.3 Å². The Balaban J connectivity index is 1.74. The first-order valence-electron chi connectivity index (χ1n) is 10.4. The first-order chi connectivity index (χ1) is 15.2. The van der Waals surface area contributed by atoms with Crippen molar-refractivity contribution in [2.45, 2.75) is 6.92 Å². The summed E-state index contributed by atoms with van der Waals surface area (Å²) in [6.45, 7) is 6.03. The molecule has 0 amide bonds. The van der Waals surface area contributed by atoms with Crippen molar-refractivity contribution in [3.05, 3.63) is 109 Å². The van der Waals surface area contributed by atoms with E-state index in [4.69, 9.17) is 0 Å². The number of hydrogen-bond donors (Lipinski definition) is 0. The van der Waals surface area contributed by atoms with Gasteiger partial charge in [-0.2, -0.15) is 5.10 Å². The number of nitrogens with zero attached hydrogens (tertiary/aromatic N) is 3. The van der Waals surface area contributed by atoms with Crippen LogP contribution in [0, 0.1) is 6.92 Å². The van der Waals surface area contributed by atoms with Gasteiger partial charge in [0.1, 0.15) is 0 Å². The SMILES string of the molecule is C=Cc1ccc(-c2cc3c4ccnn4c4cccc(-c5ccccc5C)c4n3c2)cc1. The third-order valence-corrected chi connectivity index (χ3v) is 6.12. The number of benzene rings is 3. The molecule has 3 aromatic carbocycles. The molecule has 0 atom stereocenters. The predicted molar refractivity (Wildman–Crippen MR) is 129 cm³/mol. The summed E-state index contributed by atoms with van der Waals surface area (Å²) < 4.78 is 4.38. The van der Waals surface area contributed by atoms with E-state index in [0.29, 0.717) is 0 Å². The van der Waals surface area contributed by atoms with Crippen LogP contribution < -0.4 is 0 Å². The lowest BCUT2D eigenvalue weighted by atomic mass is 9.99. The monoisotopic (exact) mass is 399 g/mol. The minimum absolute atomic E-state index is 1.09. The second-order valence-electron chi connectivity index (χ2n) is 7.93. The van der Waals surface area contributed by atoms with Gasteiger partial charge in [0.15, 0.2) is 0 Å². The van der Waals surface area contributed by atoms with E-state index in [2.05, 4.69) is 113 Å². The Bertz CT molecular complexity index is 1600. The molecule has 0 saturated heterocycles. The molecular formula is C28H21N3. The number of aryl methyl sites for hydroxylation is 1. The summed E-state index contributed by atoms with van der Waals surface area (Å²) in [6, 6.07) is 27.9. The Labute approximate surface area is 180 Å². The Morgan fingerprint density at radius 1 is 0.774 bits per heavy atom. The van der Waals surface area contributed by atoms with Gasteiger partial charge in [0.05, 0.1) is 28.3 Å². The largest absolute Gasteiger partial charge is 0.312 e. The van der Waals surface area contributed by atoms with Crippen molar-refractivity contribution < 1.29 is 0 Å². The van der Waals surface area contributed by atoms with E-state index in [1.165, 1.54) is 27.8 Å². The number of para-hydroxylation sites is 1. The molecule has 6 aromatic rings. The molecule has 0 aliphatic heterocycles. The fraction of sp³-hybridized carbons (Fsp3) is 0.0357. The topological polar surface area (TPSA) is 21.7 Å². The second kappa shape index (κ2) is 6.71. The van der Waals surface area contributed by atoms with E-state index < -0.39 is 0 Å². The van der Waals surface area contributed by atoms with E-state index in [1.807, 2.05) is 12.3 Å². The number of fused-ring (bicyclic) bond motifs is 6. The van der Waals surface area contributed by atoms with Crippen molar-refractivity contribution in [3.63, 3.8) is 0 Å². The van der Waals surface area contributed by atoms with Gasteiger partial charge in [-0.3, -0.25) is 0 Å². The molecule has 31 heavy (non-hydrogen) atoms. The Kier molecular flexibility index (Phi) is 3.84. The zero-order chi connectivity index (χ0) is 20.9. The lowest BCUT2D eigenvalue weighted by Crippen LogP contribution is -1.99. The quantitative estimate of drug-likeness (QED) is 0.313. The predicted octanol–water partition coefficient (Wildman–Crippen LogP) is 7.03. The smallest absolute Gasteiger partial charge is 0.0910 e. The van der Waals surface area contributed by atoms with Gasteiger partial charge in [0, 0.05) is 17.3 Å². The van der Waals surface area contributed by atoms with Gasteiger partial charge >= 0.3 is 0 Å². The Hall–Kier alpha value is -4.11. The first kappa shape index (κ1) is 17.7. The van der Waals surface area contributed by atoms with Crippen LogP contribution in [0.4, 0.5) is 0 Å². The van der Waals surface area contributed by atoms with Gasteiger partial charge in [-0.05, 0) is 47.4 Å². The molecule has 0 saturated carbocycles. The van der Waals surface area contributed by atoms with Crippen molar-refractivity contribution in [2.24, 2.45) is 0 Å². The molecule has 0 fully saturated rings. The van der Waals surface area contributed by atoms with Crippen molar-refractivity contribution in [2.75, 3.05) is 0 Å². The van der Waals surface area contributed by atoms with Crippen molar-refractivity contribution in [1.82, 2.24) is 14.0 Å². The van der Waals surface area contributed by atoms with Crippen LogP contribution in [0.3, 0.4) is 0 Å². The van der Waals surface area contributed by atoms with Crippen LogP contribution in [0.1, 0.15) is 11.1 Å². The van der Waals surface area contributed by atoms with Gasteiger partial charge in [-0.25, -0.2) is 4.52 Å². The standard InChI is InChI=1S/C28H21N3/c1-3-20-11-13-21(14-12-20)22-17-27-25-15-16-29-31(25)26-10-6-9-24(28(26)30(27)18-22)23-8-5-4-7-19(23)2/h3-18H,1H2,2H3. The molecule has 3 heteroatoms. The first-order valence-corrected chi connectivity index (χ1v) is 10.4. The fourth-order valence-corrected chi connectivity index (χ4v) is 4.55. The summed E-state index contributed by atoms with van der Waals surface area (Å²) in [7, 11) is 0. The van der Waals surface area contributed by atoms with Gasteiger partial charge in [0.2, 0.25) is 0 Å². The van der Waals surface area contributed by atoms with Crippen molar-refractivity contribution in [3.8, 4) is 22.3 Å². The summed E-state index contributed by atoms with van der Waals surface area (Å²) >= 11 is 0. The average Bonchev–Trinajstić information content (AvgIpc) is 3.47. The lowest BCUT2D eigenvalue weighted by Gasteiger charge is -2.13. The normalized spacial score (nSPS) is 11.5. The highest BCUT2D eigenvalue weighted by Crippen LogP contribution is 2.35. The van der Waals surface area contributed by atoms with E-state index in [0.717, 1.165) is 27.6 Å². The molecule has 0 N–H and O–H groups in total. The van der Waals surface area contributed by atoms with Crippen LogP contribution in [0.2, 0.25) is 0 Å². The molecule has 6 rings (SSSR count). The van der Waals surface area contributed by atoms with Crippen LogP contribution in [-0.2, 0) is 0 Å². The van der Waals surface area contributed by atoms with Gasteiger partial charge in [-0.15, -0.1) is 0 Å². The van der Waals surface area contributed by atoms with Crippen LogP contribution in [0.25, 0.3) is 50.4 Å². The third kappa shape index (κ3) is 2.63. The lowest BCUT2D eigenvalue weighted by molar-refractivity contribution is 0.996. The summed E-state index contributed by atoms with van der Waals surface area (Å²) in [5.41, 5.74) is 11.7. The zero-order valence-corrected chi connectivity index (χ0v) is 17.3. The highest BCUT2D eigenvalue weighted by atomic mass is 15.2. The number of rotatable bonds is 3. The van der Waals surface area contributed by atoms with Crippen molar-refractivity contribution in [1.29, 1.82) is 0 Å². The maximum absolute atomic E-state index is 4.65. The highest BCUT2D eigenvalue weighted by Gasteiger charge is 2.16. The molecule has 0 bridgehead atoms. The third-order valence-electron chi connectivity index (χ3n) is 6.12. The molecule has 148 valence electrons. The maximum Gasteiger partial charge on any atom is 0.0910 e. The number of hydrogen-bond acceptors (Lipinski definition) is 1. The Morgan fingerprint density at radius 3 is 2.39 bits per heavy atom. The summed E-state index contributed by atoms with van der Waals surface area (Å²) in [4.78, 5) is 0. The average molecular weight is 399 g/mol. The Morgan fingerprint density at radius 2 is 1.58 bits per heavy atom. The van der Waals surface area contributed by atoms with Crippen LogP contribution in [0.5, 0.6) is 0 Å². The van der Waals surface area contributed by atoms with Crippen molar-refractivity contribution >= 4 is 28.1 Å². The molecule has 0 unspecified atom stereocenters. The van der Waals surface area contributed by atoms with Crippen LogP contribution in [0.15, 0.2) is 97.8 Å². The molecule has 3 nitrogen and oxygen atoms in total. The molecule has 3 heterocycles. The number of aromatic nitrogens is 3. The van der Waals surface area contributed by atoms with Gasteiger partial charge in [0.25, 0.3) is 0 Å².